The smallest absolute Gasteiger partial charge is 0.272 e. The Morgan fingerprint density at radius 3 is 2.51 bits per heavy atom. The van der Waals surface area contributed by atoms with Crippen molar-refractivity contribution in [1.82, 2.24) is 10.3 Å². The van der Waals surface area contributed by atoms with Gasteiger partial charge in [0.2, 0.25) is 5.91 Å². The molecule has 0 atom stereocenters. The van der Waals surface area contributed by atoms with E-state index >= 15 is 0 Å². The average molecular weight is 666 g/mol. The first-order chi connectivity index (χ1) is 22.8. The quantitative estimate of drug-likeness (QED) is 0.0565. The van der Waals surface area contributed by atoms with Crippen LogP contribution in [0.2, 0.25) is 0 Å². The predicted octanol–water partition coefficient (Wildman–Crippen LogP) is 6.87. The van der Waals surface area contributed by atoms with Gasteiger partial charge in [0.15, 0.2) is 5.13 Å². The Balaban J connectivity index is 1.23. The number of benzene rings is 4. The molecule has 0 bridgehead atoms. The number of ether oxygens (including phenoxy) is 1. The minimum absolute atomic E-state index is 0.0254. The molecule has 4 aromatic carbocycles. The highest BCUT2D eigenvalue weighted by molar-refractivity contribution is 8.00. The number of methoxy groups -OCH3 is 1. The van der Waals surface area contributed by atoms with E-state index < -0.39 is 16.7 Å². The first kappa shape index (κ1) is 32.6. The van der Waals surface area contributed by atoms with E-state index in [-0.39, 0.29) is 23.0 Å². The van der Waals surface area contributed by atoms with Crippen LogP contribution in [0.1, 0.15) is 15.9 Å². The lowest BCUT2D eigenvalue weighted by Crippen LogP contribution is -2.30. The lowest BCUT2D eigenvalue weighted by molar-refractivity contribution is -0.384. The maximum atomic E-state index is 13.4. The summed E-state index contributed by atoms with van der Waals surface area (Å²) in [6, 6.07) is 28.7. The second-order valence-electron chi connectivity index (χ2n) is 9.82. The molecule has 1 aromatic heterocycles. The summed E-state index contributed by atoms with van der Waals surface area (Å²) in [6.07, 6.45) is 1.56. The second-order valence-corrected chi connectivity index (χ2v) is 11.7. The molecule has 0 aliphatic rings. The van der Waals surface area contributed by atoms with E-state index in [0.717, 1.165) is 4.90 Å². The van der Waals surface area contributed by atoms with Gasteiger partial charge in [-0.05, 0) is 54.1 Å². The van der Waals surface area contributed by atoms with E-state index in [1.165, 1.54) is 35.2 Å². The number of nitrogens with zero attached hydrogens (tertiary/aromatic N) is 2. The highest BCUT2D eigenvalue weighted by Crippen LogP contribution is 2.28. The summed E-state index contributed by atoms with van der Waals surface area (Å²) in [4.78, 5) is 54.8. The molecular formula is C34H27N5O6S2. The van der Waals surface area contributed by atoms with E-state index in [1.54, 1.807) is 103 Å². The van der Waals surface area contributed by atoms with Crippen LogP contribution in [-0.4, -0.2) is 40.5 Å². The van der Waals surface area contributed by atoms with E-state index in [2.05, 4.69) is 20.9 Å². The van der Waals surface area contributed by atoms with E-state index in [4.69, 9.17) is 4.74 Å². The lowest BCUT2D eigenvalue weighted by Gasteiger charge is -2.12. The molecule has 0 aliphatic carbocycles. The zero-order chi connectivity index (χ0) is 33.2. The molecule has 3 amide bonds. The van der Waals surface area contributed by atoms with Crippen molar-refractivity contribution in [3.63, 3.8) is 0 Å². The minimum Gasteiger partial charge on any atom is -0.497 e. The average Bonchev–Trinajstić information content (AvgIpc) is 3.56. The summed E-state index contributed by atoms with van der Waals surface area (Å²) in [5.74, 6) is -0.615. The number of rotatable bonds is 12. The maximum Gasteiger partial charge on any atom is 0.272 e. The van der Waals surface area contributed by atoms with Gasteiger partial charge in [-0.15, -0.1) is 23.1 Å². The number of amides is 3. The van der Waals surface area contributed by atoms with Crippen LogP contribution in [0.5, 0.6) is 5.75 Å². The highest BCUT2D eigenvalue weighted by atomic mass is 32.2. The largest absolute Gasteiger partial charge is 0.497 e. The van der Waals surface area contributed by atoms with Gasteiger partial charge in [-0.3, -0.25) is 24.5 Å². The Bertz CT molecular complexity index is 1960. The molecule has 5 aromatic rings. The monoisotopic (exact) mass is 665 g/mol. The van der Waals surface area contributed by atoms with Crippen molar-refractivity contribution in [1.29, 1.82) is 0 Å². The summed E-state index contributed by atoms with van der Waals surface area (Å²) < 4.78 is 5.29. The Labute approximate surface area is 277 Å². The Morgan fingerprint density at radius 1 is 0.936 bits per heavy atom. The number of nitro groups is 1. The molecule has 236 valence electrons. The van der Waals surface area contributed by atoms with Gasteiger partial charge in [0.1, 0.15) is 11.4 Å². The number of aromatic nitrogens is 1. The molecule has 13 heteroatoms. The Hall–Kier alpha value is -5.79. The van der Waals surface area contributed by atoms with Crippen molar-refractivity contribution >= 4 is 63.4 Å². The Kier molecular flexibility index (Phi) is 10.7. The number of nitro benzene ring substituents is 1. The van der Waals surface area contributed by atoms with Crippen molar-refractivity contribution in [2.24, 2.45) is 0 Å². The summed E-state index contributed by atoms with van der Waals surface area (Å²) >= 11 is 2.47. The molecule has 0 aliphatic heterocycles. The molecule has 0 saturated carbocycles. The third kappa shape index (κ3) is 9.12. The van der Waals surface area contributed by atoms with Crippen LogP contribution in [0, 0.1) is 10.1 Å². The Morgan fingerprint density at radius 2 is 1.72 bits per heavy atom. The van der Waals surface area contributed by atoms with Crippen LogP contribution >= 0.6 is 23.1 Å². The SMILES string of the molecule is COc1cccc(/C=C(\NC(=O)c2ccccc2)C(=O)Nc2cccc(SCC(=O)Nc3nc(-c4cccc([N+](=O)[O-])c4)cs3)c2)c1. The van der Waals surface area contributed by atoms with Gasteiger partial charge >= 0.3 is 0 Å². The van der Waals surface area contributed by atoms with Gasteiger partial charge in [-0.2, -0.15) is 0 Å². The summed E-state index contributed by atoms with van der Waals surface area (Å²) in [5, 5.41) is 21.5. The molecule has 0 fully saturated rings. The van der Waals surface area contributed by atoms with Crippen molar-refractivity contribution in [2.45, 2.75) is 4.90 Å². The summed E-state index contributed by atoms with van der Waals surface area (Å²) in [5.41, 5.74) is 2.58. The number of carbonyl (C=O) groups is 3. The van der Waals surface area contributed by atoms with Crippen LogP contribution in [-0.2, 0) is 9.59 Å². The number of nitrogens with one attached hydrogen (secondary N) is 3. The number of hydrogen-bond acceptors (Lipinski definition) is 9. The van der Waals surface area contributed by atoms with Crippen molar-refractivity contribution in [3.8, 4) is 17.0 Å². The van der Waals surface area contributed by atoms with Crippen LogP contribution in [0.4, 0.5) is 16.5 Å². The van der Waals surface area contributed by atoms with Gasteiger partial charge in [0, 0.05) is 39.2 Å². The van der Waals surface area contributed by atoms with E-state index in [9.17, 15) is 24.5 Å². The van der Waals surface area contributed by atoms with Gasteiger partial charge in [0.05, 0.1) is 23.5 Å². The minimum atomic E-state index is -0.541. The number of hydrogen-bond donors (Lipinski definition) is 3. The number of thioether (sulfide) groups is 1. The molecule has 0 unspecified atom stereocenters. The number of anilines is 2. The van der Waals surface area contributed by atoms with E-state index in [1.807, 2.05) is 6.07 Å². The van der Waals surface area contributed by atoms with Crippen molar-refractivity contribution in [3.05, 3.63) is 135 Å². The fraction of sp³-hybridized carbons (Fsp3) is 0.0588. The third-order valence-corrected chi connectivity index (χ3v) is 8.25. The van der Waals surface area contributed by atoms with Gasteiger partial charge in [0.25, 0.3) is 17.5 Å². The molecule has 0 saturated heterocycles. The summed E-state index contributed by atoms with van der Waals surface area (Å²) in [6.45, 7) is 0. The predicted molar refractivity (Wildman–Crippen MR) is 184 cm³/mol. The lowest BCUT2D eigenvalue weighted by atomic mass is 10.1. The summed E-state index contributed by atoms with van der Waals surface area (Å²) in [7, 11) is 1.54. The molecule has 5 rings (SSSR count). The fourth-order valence-electron chi connectivity index (χ4n) is 4.25. The van der Waals surface area contributed by atoms with Crippen molar-refractivity contribution < 1.29 is 24.0 Å². The topological polar surface area (TPSA) is 153 Å². The first-order valence-corrected chi connectivity index (χ1v) is 15.9. The van der Waals surface area contributed by atoms with Crippen LogP contribution in [0.15, 0.2) is 119 Å². The second kappa shape index (κ2) is 15.5. The number of thiazole rings is 1. The molecule has 0 spiro atoms. The van der Waals surface area contributed by atoms with Crippen LogP contribution < -0.4 is 20.7 Å². The normalized spacial score (nSPS) is 11.0. The molecule has 3 N–H and O–H groups in total. The molecule has 11 nitrogen and oxygen atoms in total. The van der Waals surface area contributed by atoms with Crippen molar-refractivity contribution in [2.75, 3.05) is 23.5 Å². The number of non-ortho nitro benzene ring substituents is 1. The molecular weight excluding hydrogens is 639 g/mol. The number of carbonyl (C=O) groups excluding carboxylic acids is 3. The van der Waals surface area contributed by atoms with Crippen LogP contribution in [0.3, 0.4) is 0 Å². The fourth-order valence-corrected chi connectivity index (χ4v) is 5.74. The molecule has 47 heavy (non-hydrogen) atoms. The molecule has 0 radical (unpaired) electrons. The van der Waals surface area contributed by atoms with E-state index in [0.29, 0.717) is 39.0 Å². The first-order valence-electron chi connectivity index (χ1n) is 14.0. The standard InChI is InChI=1S/C34H27N5O6S2/c1-45-27-14-5-8-22(16-27)17-29(36-32(41)23-9-3-2-4-10-23)33(42)35-25-12-7-15-28(19-25)46-21-31(40)38-34-37-30(20-47-34)24-11-6-13-26(18-24)39(43)44/h2-20H,21H2,1H3,(H,35,42)(H,36,41)(H,37,38,40)/b29-17-. The van der Waals surface area contributed by atoms with Gasteiger partial charge < -0.3 is 20.7 Å². The van der Waals surface area contributed by atoms with Crippen LogP contribution in [0.25, 0.3) is 17.3 Å². The highest BCUT2D eigenvalue weighted by Gasteiger charge is 2.16. The van der Waals surface area contributed by atoms with Gasteiger partial charge in [-0.25, -0.2) is 4.98 Å². The zero-order valence-electron chi connectivity index (χ0n) is 24.8. The zero-order valence-corrected chi connectivity index (χ0v) is 26.5. The van der Waals surface area contributed by atoms with Gasteiger partial charge in [-0.1, -0.05) is 48.5 Å². The maximum absolute atomic E-state index is 13.4. The third-order valence-electron chi connectivity index (χ3n) is 6.50. The molecule has 1 heterocycles.